The largest absolute Gasteiger partial charge is 0.481 e. The summed E-state index contributed by atoms with van der Waals surface area (Å²) in [6.45, 7) is 8.63. The molecule has 188 valence electrons. The highest BCUT2D eigenvalue weighted by Crippen LogP contribution is 2.58. The lowest BCUT2D eigenvalue weighted by Crippen LogP contribution is -2.53. The summed E-state index contributed by atoms with van der Waals surface area (Å²) >= 11 is 3.75. The summed E-state index contributed by atoms with van der Waals surface area (Å²) < 4.78 is 27.7. The standard InChI is InChI=1S/C25H35BrN2O5S/c1-15(2)17-12-18-19(13-20(17)26)24(3)8-5-9-25(4,23(29)30)22(24)14-21(18)28-33-11-10-27-34(31,32)16-6-7-16/h12-13,15-16,22,27H,5-11,14H2,1-4H3,(H,29,30)/b28-21+/t22-,24-,25-/m1/s1. The second-order valence-corrected chi connectivity index (χ2v) is 13.7. The SMILES string of the molecule is CC(C)c1cc2c(cc1Br)[C@@]1(C)CCC[C@@](C)(C(=O)O)[C@@H]1C/C2=N\OCCNS(=O)(=O)C1CC1. The lowest BCUT2D eigenvalue weighted by molar-refractivity contribution is -0.156. The molecule has 1 aromatic carbocycles. The van der Waals surface area contributed by atoms with Crippen LogP contribution >= 0.6 is 15.9 Å². The Kier molecular flexibility index (Phi) is 6.94. The zero-order valence-electron chi connectivity index (χ0n) is 20.4. The first kappa shape index (κ1) is 25.6. The van der Waals surface area contributed by atoms with Gasteiger partial charge in [-0.05, 0) is 79.5 Å². The Bertz CT molecular complexity index is 1110. The highest BCUT2D eigenvalue weighted by molar-refractivity contribution is 9.10. The maximum Gasteiger partial charge on any atom is 0.309 e. The van der Waals surface area contributed by atoms with Crippen LogP contribution in [0.3, 0.4) is 0 Å². The molecule has 2 fully saturated rings. The molecule has 3 aliphatic carbocycles. The maximum atomic E-state index is 12.4. The van der Waals surface area contributed by atoms with Crippen LogP contribution in [0.25, 0.3) is 0 Å². The van der Waals surface area contributed by atoms with E-state index in [9.17, 15) is 18.3 Å². The molecule has 0 unspecified atom stereocenters. The summed E-state index contributed by atoms with van der Waals surface area (Å²) in [5.74, 6) is -0.578. The van der Waals surface area contributed by atoms with Gasteiger partial charge in [0.2, 0.25) is 10.0 Å². The quantitative estimate of drug-likeness (QED) is 0.350. The van der Waals surface area contributed by atoms with Crippen molar-refractivity contribution >= 4 is 37.6 Å². The van der Waals surface area contributed by atoms with E-state index < -0.39 is 21.4 Å². The Morgan fingerprint density at radius 2 is 2.00 bits per heavy atom. The summed E-state index contributed by atoms with van der Waals surface area (Å²) in [5, 5.41) is 14.4. The van der Waals surface area contributed by atoms with E-state index in [0.29, 0.717) is 31.6 Å². The minimum atomic E-state index is -3.26. The number of benzene rings is 1. The number of rotatable bonds is 8. The smallest absolute Gasteiger partial charge is 0.309 e. The van der Waals surface area contributed by atoms with Crippen LogP contribution in [0.15, 0.2) is 21.8 Å². The van der Waals surface area contributed by atoms with Crippen molar-refractivity contribution in [3.05, 3.63) is 33.3 Å². The van der Waals surface area contributed by atoms with E-state index >= 15 is 0 Å². The summed E-state index contributed by atoms with van der Waals surface area (Å²) in [4.78, 5) is 18.0. The van der Waals surface area contributed by atoms with Gasteiger partial charge in [0.25, 0.3) is 0 Å². The van der Waals surface area contributed by atoms with Crippen LogP contribution in [0.1, 0.15) is 88.8 Å². The van der Waals surface area contributed by atoms with Crippen LogP contribution in [-0.2, 0) is 25.1 Å². The van der Waals surface area contributed by atoms with Crippen LogP contribution in [0.5, 0.6) is 0 Å². The third kappa shape index (κ3) is 4.55. The third-order valence-electron chi connectivity index (χ3n) is 8.14. The van der Waals surface area contributed by atoms with Gasteiger partial charge in [-0.3, -0.25) is 4.79 Å². The number of carboxylic acids is 1. The Hall–Kier alpha value is -1.45. The van der Waals surface area contributed by atoms with E-state index in [4.69, 9.17) is 4.84 Å². The van der Waals surface area contributed by atoms with Gasteiger partial charge in [0, 0.05) is 16.6 Å². The van der Waals surface area contributed by atoms with Crippen molar-refractivity contribution in [1.82, 2.24) is 4.72 Å². The molecule has 0 aromatic heterocycles. The Labute approximate surface area is 210 Å². The molecule has 0 bridgehead atoms. The fourth-order valence-electron chi connectivity index (χ4n) is 5.89. The Morgan fingerprint density at radius 1 is 1.29 bits per heavy atom. The van der Waals surface area contributed by atoms with Crippen molar-refractivity contribution in [1.29, 1.82) is 0 Å². The molecule has 0 heterocycles. The summed E-state index contributed by atoms with van der Waals surface area (Å²) in [7, 11) is -3.26. The van der Waals surface area contributed by atoms with Gasteiger partial charge in [-0.25, -0.2) is 13.1 Å². The van der Waals surface area contributed by atoms with Crippen molar-refractivity contribution in [2.24, 2.45) is 16.5 Å². The van der Waals surface area contributed by atoms with E-state index in [2.05, 4.69) is 58.7 Å². The van der Waals surface area contributed by atoms with E-state index in [1.165, 1.54) is 5.56 Å². The first-order chi connectivity index (χ1) is 15.9. The number of carboxylic acid groups (broad SMARTS) is 1. The van der Waals surface area contributed by atoms with Crippen molar-refractivity contribution in [2.75, 3.05) is 13.2 Å². The van der Waals surface area contributed by atoms with Gasteiger partial charge in [0.1, 0.15) is 6.61 Å². The van der Waals surface area contributed by atoms with Crippen molar-refractivity contribution < 1.29 is 23.2 Å². The summed E-state index contributed by atoms with van der Waals surface area (Å²) in [5.41, 5.74) is 2.91. The molecule has 2 saturated carbocycles. The van der Waals surface area contributed by atoms with Crippen molar-refractivity contribution in [3.8, 4) is 0 Å². The average molecular weight is 556 g/mol. The molecule has 0 spiro atoms. The van der Waals surface area contributed by atoms with Crippen molar-refractivity contribution in [2.45, 2.75) is 82.8 Å². The lowest BCUT2D eigenvalue weighted by Gasteiger charge is -2.53. The zero-order chi connectivity index (χ0) is 24.9. The van der Waals surface area contributed by atoms with Gasteiger partial charge in [-0.1, -0.05) is 48.3 Å². The molecule has 7 nitrogen and oxygen atoms in total. The number of oxime groups is 1. The van der Waals surface area contributed by atoms with E-state index in [-0.39, 0.29) is 29.7 Å². The monoisotopic (exact) mass is 554 g/mol. The molecule has 1 aromatic rings. The van der Waals surface area contributed by atoms with E-state index in [1.54, 1.807) is 0 Å². The molecule has 3 aliphatic rings. The number of carbonyl (C=O) groups is 1. The minimum absolute atomic E-state index is 0.119. The predicted octanol–water partition coefficient (Wildman–Crippen LogP) is 4.93. The second kappa shape index (κ2) is 9.21. The molecule has 9 heteroatoms. The lowest BCUT2D eigenvalue weighted by atomic mass is 9.49. The molecule has 0 radical (unpaired) electrons. The number of hydrogen-bond donors (Lipinski definition) is 2. The molecule has 0 aliphatic heterocycles. The number of aliphatic carboxylic acids is 1. The van der Waals surface area contributed by atoms with Gasteiger partial charge in [0.05, 0.1) is 16.4 Å². The molecular formula is C25H35BrN2O5S. The second-order valence-electron chi connectivity index (χ2n) is 10.8. The highest BCUT2D eigenvalue weighted by Gasteiger charge is 2.56. The van der Waals surface area contributed by atoms with E-state index in [1.807, 2.05) is 6.92 Å². The average Bonchev–Trinajstić information content (AvgIpc) is 3.60. The number of nitrogens with one attached hydrogen (secondary N) is 1. The molecule has 34 heavy (non-hydrogen) atoms. The molecule has 2 N–H and O–H groups in total. The molecular weight excluding hydrogens is 520 g/mol. The predicted molar refractivity (Wildman–Crippen MR) is 136 cm³/mol. The van der Waals surface area contributed by atoms with Crippen LogP contribution in [0, 0.1) is 11.3 Å². The van der Waals surface area contributed by atoms with Crippen LogP contribution in [0.4, 0.5) is 0 Å². The maximum absolute atomic E-state index is 12.4. The van der Waals surface area contributed by atoms with Crippen molar-refractivity contribution in [3.63, 3.8) is 0 Å². The number of sulfonamides is 1. The Morgan fingerprint density at radius 3 is 2.62 bits per heavy atom. The molecule has 4 rings (SSSR count). The molecule has 0 amide bonds. The first-order valence-corrected chi connectivity index (χ1v) is 14.5. The number of nitrogens with zero attached hydrogens (tertiary/aromatic N) is 1. The van der Waals surface area contributed by atoms with Gasteiger partial charge in [-0.15, -0.1) is 0 Å². The normalized spacial score (nSPS) is 30.2. The fraction of sp³-hybridized carbons (Fsp3) is 0.680. The number of halogens is 1. The molecule has 0 saturated heterocycles. The van der Waals surface area contributed by atoms with Crippen LogP contribution < -0.4 is 4.72 Å². The highest BCUT2D eigenvalue weighted by atomic mass is 79.9. The van der Waals surface area contributed by atoms with Crippen LogP contribution in [0.2, 0.25) is 0 Å². The summed E-state index contributed by atoms with van der Waals surface area (Å²) in [6, 6.07) is 4.32. The Balaban J connectivity index is 1.67. The third-order valence-corrected chi connectivity index (χ3v) is 10.8. The minimum Gasteiger partial charge on any atom is -0.481 e. The van der Waals surface area contributed by atoms with Gasteiger partial charge < -0.3 is 9.94 Å². The van der Waals surface area contributed by atoms with Gasteiger partial charge >= 0.3 is 5.97 Å². The molecule has 3 atom stereocenters. The zero-order valence-corrected chi connectivity index (χ0v) is 22.8. The number of hydrogen-bond acceptors (Lipinski definition) is 5. The van der Waals surface area contributed by atoms with E-state index in [0.717, 1.165) is 34.2 Å². The van der Waals surface area contributed by atoms with Crippen LogP contribution in [-0.4, -0.2) is 43.6 Å². The fourth-order valence-corrected chi connectivity index (χ4v) is 8.05. The van der Waals surface area contributed by atoms with Gasteiger partial charge in [-0.2, -0.15) is 0 Å². The van der Waals surface area contributed by atoms with Gasteiger partial charge in [0.15, 0.2) is 0 Å². The first-order valence-electron chi connectivity index (χ1n) is 12.1. The number of fused-ring (bicyclic) bond motifs is 3. The summed E-state index contributed by atoms with van der Waals surface area (Å²) in [6.07, 6.45) is 4.37. The topological polar surface area (TPSA) is 105 Å².